The van der Waals surface area contributed by atoms with E-state index in [9.17, 15) is 4.79 Å². The second-order valence-electron chi connectivity index (χ2n) is 1.65. The van der Waals surface area contributed by atoms with Gasteiger partial charge in [-0.1, -0.05) is 11.8 Å². The van der Waals surface area contributed by atoms with Crippen molar-refractivity contribution in [1.29, 1.82) is 0 Å². The molecule has 0 spiro atoms. The third-order valence-electron chi connectivity index (χ3n) is 0.843. The van der Waals surface area contributed by atoms with Crippen molar-refractivity contribution in [3.05, 3.63) is 12.2 Å². The molecule has 0 aliphatic heterocycles. The molecule has 0 unspecified atom stereocenters. The van der Waals surface area contributed by atoms with Gasteiger partial charge in [0.25, 0.3) is 0 Å². The molecule has 3 heteroatoms. The number of esters is 1. The Hall–Kier alpha value is -1.27. The molecule has 0 radical (unpaired) electrons. The summed E-state index contributed by atoms with van der Waals surface area (Å²) < 4.78 is 4.31. The van der Waals surface area contributed by atoms with Crippen LogP contribution in [0.5, 0.6) is 0 Å². The van der Waals surface area contributed by atoms with E-state index < -0.39 is 5.97 Å². The van der Waals surface area contributed by atoms with Gasteiger partial charge in [-0.2, -0.15) is 0 Å². The Balaban J connectivity index is 3.61. The van der Waals surface area contributed by atoms with Gasteiger partial charge >= 0.3 is 5.97 Å². The monoisotopic (exact) mass is 154 g/mol. The summed E-state index contributed by atoms with van der Waals surface area (Å²) in [6, 6.07) is 0. The van der Waals surface area contributed by atoms with Crippen LogP contribution < -0.4 is 0 Å². The fourth-order valence-electron chi connectivity index (χ4n) is 0.365. The molecule has 1 N–H and O–H groups in total. The zero-order chi connectivity index (χ0) is 8.53. The maximum Gasteiger partial charge on any atom is 0.331 e. The highest BCUT2D eigenvalue weighted by Crippen LogP contribution is 1.76. The zero-order valence-corrected chi connectivity index (χ0v) is 6.33. The van der Waals surface area contributed by atoms with Crippen molar-refractivity contribution in [1.82, 2.24) is 0 Å². The van der Waals surface area contributed by atoms with E-state index in [1.54, 1.807) is 0 Å². The third kappa shape index (κ3) is 6.62. The molecule has 0 saturated carbocycles. The number of hydrogen-bond acceptors (Lipinski definition) is 3. The fraction of sp³-hybridized carbons (Fsp3) is 0.375. The summed E-state index contributed by atoms with van der Waals surface area (Å²) >= 11 is 0. The first-order valence-electron chi connectivity index (χ1n) is 3.15. The van der Waals surface area contributed by atoms with E-state index in [1.807, 2.05) is 0 Å². The van der Waals surface area contributed by atoms with Crippen LogP contribution in [-0.4, -0.2) is 24.8 Å². The van der Waals surface area contributed by atoms with Gasteiger partial charge < -0.3 is 9.84 Å². The molecule has 0 fully saturated rings. The summed E-state index contributed by atoms with van der Waals surface area (Å²) in [4.78, 5) is 10.4. The average molecular weight is 154 g/mol. The quantitative estimate of drug-likeness (QED) is 0.348. The van der Waals surface area contributed by atoms with Crippen LogP contribution >= 0.6 is 0 Å². The molecule has 0 aromatic heterocycles. The first kappa shape index (κ1) is 9.73. The molecule has 0 aromatic rings. The van der Waals surface area contributed by atoms with Crippen molar-refractivity contribution in [2.45, 2.75) is 6.42 Å². The number of ether oxygens (including phenoxy) is 1. The molecule has 0 heterocycles. The summed E-state index contributed by atoms with van der Waals surface area (Å²) in [6.45, 7) is 0.0407. The van der Waals surface area contributed by atoms with Crippen LogP contribution in [0.4, 0.5) is 0 Å². The zero-order valence-electron chi connectivity index (χ0n) is 6.33. The molecule has 60 valence electrons. The minimum Gasteiger partial charge on any atom is -0.466 e. The largest absolute Gasteiger partial charge is 0.466 e. The fourth-order valence-corrected chi connectivity index (χ4v) is 0.365. The number of carbonyl (C=O) groups is 1. The van der Waals surface area contributed by atoms with Crippen LogP contribution in [0.1, 0.15) is 6.42 Å². The summed E-state index contributed by atoms with van der Waals surface area (Å²) in [5.41, 5.74) is 0. The van der Waals surface area contributed by atoms with E-state index in [0.717, 1.165) is 0 Å². The molecule has 3 nitrogen and oxygen atoms in total. The maximum absolute atomic E-state index is 10.4. The molecule has 11 heavy (non-hydrogen) atoms. The van der Waals surface area contributed by atoms with Gasteiger partial charge in [0.05, 0.1) is 13.7 Å². The Labute approximate surface area is 65.7 Å². The summed E-state index contributed by atoms with van der Waals surface area (Å²) in [7, 11) is 1.30. The maximum atomic E-state index is 10.4. The van der Waals surface area contributed by atoms with Crippen molar-refractivity contribution >= 4 is 5.97 Å². The number of aliphatic hydroxyl groups excluding tert-OH is 1. The molecule has 0 atom stereocenters. The Morgan fingerprint density at radius 3 is 3.00 bits per heavy atom. The lowest BCUT2D eigenvalue weighted by atomic mass is 10.4. The lowest BCUT2D eigenvalue weighted by molar-refractivity contribution is -0.134. The van der Waals surface area contributed by atoms with Crippen molar-refractivity contribution in [3.8, 4) is 11.8 Å². The molecular formula is C8H10O3. The molecule has 0 bridgehead atoms. The van der Waals surface area contributed by atoms with Crippen molar-refractivity contribution < 1.29 is 14.6 Å². The molecule has 0 aromatic carbocycles. The van der Waals surface area contributed by atoms with Gasteiger partial charge in [-0.05, 0) is 6.08 Å². The Morgan fingerprint density at radius 1 is 1.73 bits per heavy atom. The molecule has 0 aliphatic rings. The molecular weight excluding hydrogens is 144 g/mol. The molecule has 0 aliphatic carbocycles. The topological polar surface area (TPSA) is 46.5 Å². The average Bonchev–Trinajstić information content (AvgIpc) is 2.04. The highest BCUT2D eigenvalue weighted by molar-refractivity contribution is 5.82. The van der Waals surface area contributed by atoms with Gasteiger partial charge in [-0.15, -0.1) is 0 Å². The van der Waals surface area contributed by atoms with Crippen molar-refractivity contribution in [3.63, 3.8) is 0 Å². The Bertz CT molecular complexity index is 195. The van der Waals surface area contributed by atoms with Crippen LogP contribution in [0.15, 0.2) is 12.2 Å². The van der Waals surface area contributed by atoms with Crippen LogP contribution in [0.3, 0.4) is 0 Å². The number of rotatable bonds is 2. The predicted molar refractivity (Wildman–Crippen MR) is 40.6 cm³/mol. The smallest absolute Gasteiger partial charge is 0.331 e. The first-order valence-corrected chi connectivity index (χ1v) is 3.15. The number of aliphatic hydroxyl groups is 1. The summed E-state index contributed by atoms with van der Waals surface area (Å²) in [6.07, 6.45) is 3.04. The minimum atomic E-state index is -0.428. The van der Waals surface area contributed by atoms with E-state index in [1.165, 1.54) is 19.3 Å². The molecule has 0 saturated heterocycles. The van der Waals surface area contributed by atoms with Crippen LogP contribution in [0, 0.1) is 11.8 Å². The predicted octanol–water partition coefficient (Wildman–Crippen LogP) is 0.101. The van der Waals surface area contributed by atoms with Crippen LogP contribution in [0.2, 0.25) is 0 Å². The van der Waals surface area contributed by atoms with E-state index >= 15 is 0 Å². The molecule has 0 amide bonds. The van der Waals surface area contributed by atoms with Crippen LogP contribution in [0.25, 0.3) is 0 Å². The van der Waals surface area contributed by atoms with E-state index in [0.29, 0.717) is 6.42 Å². The Morgan fingerprint density at radius 2 is 2.45 bits per heavy atom. The van der Waals surface area contributed by atoms with Crippen molar-refractivity contribution in [2.24, 2.45) is 0 Å². The van der Waals surface area contributed by atoms with E-state index in [-0.39, 0.29) is 6.61 Å². The van der Waals surface area contributed by atoms with Gasteiger partial charge in [-0.3, -0.25) is 0 Å². The highest BCUT2D eigenvalue weighted by Gasteiger charge is 1.85. The number of carbonyl (C=O) groups excluding carboxylic acids is 1. The van der Waals surface area contributed by atoms with Gasteiger partial charge in [0, 0.05) is 12.5 Å². The number of allylic oxidation sites excluding steroid dienone is 1. The normalized spacial score (nSPS) is 8.91. The van der Waals surface area contributed by atoms with E-state index in [4.69, 9.17) is 5.11 Å². The van der Waals surface area contributed by atoms with Gasteiger partial charge in [0.2, 0.25) is 0 Å². The SMILES string of the molecule is COC(=O)/C=C\C#CCCO. The second kappa shape index (κ2) is 6.84. The van der Waals surface area contributed by atoms with Gasteiger partial charge in [-0.25, -0.2) is 4.79 Å². The van der Waals surface area contributed by atoms with Gasteiger partial charge in [0.15, 0.2) is 0 Å². The number of hydrogen-bond donors (Lipinski definition) is 1. The lowest BCUT2D eigenvalue weighted by Crippen LogP contribution is -1.92. The van der Waals surface area contributed by atoms with Gasteiger partial charge in [0.1, 0.15) is 0 Å². The standard InChI is InChI=1S/C8H10O3/c1-11-8(10)6-4-2-3-5-7-9/h4,6,9H,5,7H2,1H3/b6-4-. The van der Waals surface area contributed by atoms with E-state index in [2.05, 4.69) is 16.6 Å². The Kier molecular flexibility index (Phi) is 6.05. The first-order chi connectivity index (χ1) is 5.31. The highest BCUT2D eigenvalue weighted by atomic mass is 16.5. The van der Waals surface area contributed by atoms with Crippen LogP contribution in [-0.2, 0) is 9.53 Å². The molecule has 0 rings (SSSR count). The second-order valence-corrected chi connectivity index (χ2v) is 1.65. The van der Waals surface area contributed by atoms with Crippen molar-refractivity contribution in [2.75, 3.05) is 13.7 Å². The summed E-state index contributed by atoms with van der Waals surface area (Å²) in [5.74, 6) is 4.75. The minimum absolute atomic E-state index is 0.0407. The third-order valence-corrected chi connectivity index (χ3v) is 0.843. The number of methoxy groups -OCH3 is 1. The summed E-state index contributed by atoms with van der Waals surface area (Å²) in [5, 5.41) is 8.30. The lowest BCUT2D eigenvalue weighted by Gasteiger charge is -1.84.